The molecule has 0 unspecified atom stereocenters. The van der Waals surface area contributed by atoms with Crippen LogP contribution in [0.1, 0.15) is 16.2 Å². The number of carbonyl (C=O) groups excluding carboxylic acids is 1. The van der Waals surface area contributed by atoms with Gasteiger partial charge in [0, 0.05) is 30.5 Å². The van der Waals surface area contributed by atoms with Gasteiger partial charge in [-0.2, -0.15) is 0 Å². The van der Waals surface area contributed by atoms with Crippen LogP contribution in [0.25, 0.3) is 11.5 Å². The Balaban J connectivity index is 1.60. The van der Waals surface area contributed by atoms with Crippen molar-refractivity contribution in [2.24, 2.45) is 0 Å². The molecular weight excluding hydrogens is 347 g/mol. The van der Waals surface area contributed by atoms with Gasteiger partial charge in [0.15, 0.2) is 11.6 Å². The maximum atomic E-state index is 14.0. The molecule has 0 radical (unpaired) electrons. The normalized spacial score (nSPS) is 13.6. The molecule has 1 aliphatic rings. The number of aromatic nitrogens is 5. The fourth-order valence-corrected chi connectivity index (χ4v) is 2.93. The maximum Gasteiger partial charge on any atom is 0.257 e. The lowest BCUT2D eigenvalue weighted by Crippen LogP contribution is -2.39. The third-order valence-electron chi connectivity index (χ3n) is 3.99. The smallest absolute Gasteiger partial charge is 0.257 e. The molecule has 1 aromatic carbocycles. The Hall–Kier alpha value is -2.87. The molecule has 0 atom stereocenters. The molecule has 1 amide bonds. The molecule has 0 aliphatic carbocycles. The highest BCUT2D eigenvalue weighted by Gasteiger charge is 2.27. The zero-order chi connectivity index (χ0) is 17.4. The van der Waals surface area contributed by atoms with Crippen LogP contribution in [0, 0.1) is 5.82 Å². The van der Waals surface area contributed by atoms with Crippen molar-refractivity contribution >= 4 is 17.5 Å². The molecule has 7 nitrogen and oxygen atoms in total. The quantitative estimate of drug-likeness (QED) is 0.701. The number of fused-ring (bicyclic) bond motifs is 1. The van der Waals surface area contributed by atoms with E-state index < -0.39 is 11.7 Å². The maximum absolute atomic E-state index is 14.0. The lowest BCUT2D eigenvalue weighted by atomic mass is 10.1. The second-order valence-corrected chi connectivity index (χ2v) is 5.97. The highest BCUT2D eigenvalue weighted by Crippen LogP contribution is 2.22. The van der Waals surface area contributed by atoms with Gasteiger partial charge in [-0.15, -0.1) is 10.2 Å². The van der Waals surface area contributed by atoms with Crippen LogP contribution in [0.5, 0.6) is 0 Å². The molecule has 0 fully saturated rings. The first-order valence-corrected chi connectivity index (χ1v) is 7.94. The van der Waals surface area contributed by atoms with Gasteiger partial charge in [-0.05, 0) is 18.2 Å². The highest BCUT2D eigenvalue weighted by molar-refractivity contribution is 6.30. The second-order valence-electron chi connectivity index (χ2n) is 5.53. The van der Waals surface area contributed by atoms with E-state index in [0.717, 1.165) is 6.07 Å². The number of benzene rings is 1. The third kappa shape index (κ3) is 2.85. The van der Waals surface area contributed by atoms with Crippen molar-refractivity contribution in [2.75, 3.05) is 6.54 Å². The van der Waals surface area contributed by atoms with Crippen LogP contribution in [0.15, 0.2) is 36.8 Å². The molecule has 25 heavy (non-hydrogen) atoms. The molecule has 3 heterocycles. The fraction of sp³-hybridized carbons (Fsp3) is 0.188. The van der Waals surface area contributed by atoms with Crippen molar-refractivity contribution in [3.8, 4) is 11.5 Å². The van der Waals surface area contributed by atoms with E-state index in [9.17, 15) is 9.18 Å². The molecule has 2 aromatic heterocycles. The summed E-state index contributed by atoms with van der Waals surface area (Å²) >= 11 is 5.74. The monoisotopic (exact) mass is 358 g/mol. The molecule has 4 rings (SSSR count). The lowest BCUT2D eigenvalue weighted by Gasteiger charge is -2.28. The van der Waals surface area contributed by atoms with Gasteiger partial charge in [0.05, 0.1) is 18.3 Å². The fourth-order valence-electron chi connectivity index (χ4n) is 2.77. The van der Waals surface area contributed by atoms with Crippen molar-refractivity contribution in [3.05, 3.63) is 59.0 Å². The van der Waals surface area contributed by atoms with E-state index in [1.165, 1.54) is 17.0 Å². The van der Waals surface area contributed by atoms with Crippen LogP contribution in [-0.4, -0.2) is 42.1 Å². The van der Waals surface area contributed by atoms with E-state index in [1.807, 2.05) is 4.57 Å². The summed E-state index contributed by atoms with van der Waals surface area (Å²) in [5.74, 6) is 0.191. The van der Waals surface area contributed by atoms with Gasteiger partial charge in [0.2, 0.25) is 0 Å². The Morgan fingerprint density at radius 2 is 2.08 bits per heavy atom. The van der Waals surface area contributed by atoms with Crippen molar-refractivity contribution in [1.82, 2.24) is 29.6 Å². The molecule has 0 spiro atoms. The molecular formula is C16H12ClFN6O. The van der Waals surface area contributed by atoms with Gasteiger partial charge in [0.25, 0.3) is 5.91 Å². The first kappa shape index (κ1) is 15.6. The van der Waals surface area contributed by atoms with Crippen LogP contribution in [0.2, 0.25) is 5.02 Å². The molecule has 1 aliphatic heterocycles. The molecule has 9 heteroatoms. The Morgan fingerprint density at radius 1 is 1.20 bits per heavy atom. The Morgan fingerprint density at radius 3 is 2.84 bits per heavy atom. The predicted molar refractivity (Wildman–Crippen MR) is 87.2 cm³/mol. The van der Waals surface area contributed by atoms with Gasteiger partial charge >= 0.3 is 0 Å². The molecule has 0 bridgehead atoms. The van der Waals surface area contributed by atoms with Crippen LogP contribution in [0.3, 0.4) is 0 Å². The number of hydrogen-bond donors (Lipinski definition) is 0. The van der Waals surface area contributed by atoms with Crippen molar-refractivity contribution in [2.45, 2.75) is 13.1 Å². The van der Waals surface area contributed by atoms with E-state index >= 15 is 0 Å². The van der Waals surface area contributed by atoms with Crippen LogP contribution in [-0.2, 0) is 13.1 Å². The van der Waals surface area contributed by atoms with Crippen molar-refractivity contribution in [3.63, 3.8) is 0 Å². The summed E-state index contributed by atoms with van der Waals surface area (Å²) in [4.78, 5) is 22.4. The average molecular weight is 359 g/mol. The first-order valence-electron chi connectivity index (χ1n) is 7.56. The second kappa shape index (κ2) is 6.21. The van der Waals surface area contributed by atoms with Gasteiger partial charge in [-0.3, -0.25) is 9.78 Å². The average Bonchev–Trinajstić information content (AvgIpc) is 3.05. The van der Waals surface area contributed by atoms with Crippen molar-refractivity contribution in [1.29, 1.82) is 0 Å². The van der Waals surface area contributed by atoms with Crippen molar-refractivity contribution < 1.29 is 9.18 Å². The van der Waals surface area contributed by atoms with Crippen LogP contribution >= 0.6 is 11.6 Å². The predicted octanol–water partition coefficient (Wildman–Crippen LogP) is 2.18. The topological polar surface area (TPSA) is 76.8 Å². The van der Waals surface area contributed by atoms with Gasteiger partial charge in [-0.25, -0.2) is 9.37 Å². The number of hydrogen-bond acceptors (Lipinski definition) is 5. The Bertz CT molecular complexity index is 945. The van der Waals surface area contributed by atoms with Gasteiger partial charge < -0.3 is 9.47 Å². The van der Waals surface area contributed by atoms with Crippen LogP contribution in [0.4, 0.5) is 4.39 Å². The highest BCUT2D eigenvalue weighted by atomic mass is 35.5. The molecule has 3 aromatic rings. The SMILES string of the molecule is O=C(c1ccc(Cl)cc1F)N1CCn2c(nnc2-c2cnccn2)C1. The standard InChI is InChI=1S/C16H12ClFN6O/c17-10-1-2-11(12(18)7-10)16(25)23-5-6-24-14(9-23)21-22-15(24)13-8-19-3-4-20-13/h1-4,7-8H,5-6,9H2. The summed E-state index contributed by atoms with van der Waals surface area (Å²) in [5.41, 5.74) is 0.608. The molecule has 126 valence electrons. The summed E-state index contributed by atoms with van der Waals surface area (Å²) < 4.78 is 15.9. The number of halogens is 2. The Labute approximate surface area is 147 Å². The largest absolute Gasteiger partial charge is 0.329 e. The minimum atomic E-state index is -0.634. The van der Waals surface area contributed by atoms with E-state index in [-0.39, 0.29) is 17.1 Å². The summed E-state index contributed by atoms with van der Waals surface area (Å²) in [5, 5.41) is 8.53. The Kier molecular flexibility index (Phi) is 3.89. The number of rotatable bonds is 2. The number of amides is 1. The zero-order valence-corrected chi connectivity index (χ0v) is 13.7. The minimum Gasteiger partial charge on any atom is -0.329 e. The summed E-state index contributed by atoms with van der Waals surface area (Å²) in [7, 11) is 0. The van der Waals surface area contributed by atoms with Crippen LogP contribution < -0.4 is 0 Å². The number of carbonyl (C=O) groups is 1. The summed E-state index contributed by atoms with van der Waals surface area (Å²) in [6.45, 7) is 1.16. The molecule has 0 N–H and O–H groups in total. The van der Waals surface area contributed by atoms with E-state index in [1.54, 1.807) is 18.6 Å². The first-order chi connectivity index (χ1) is 12.1. The summed E-state index contributed by atoms with van der Waals surface area (Å²) in [6.07, 6.45) is 4.77. The summed E-state index contributed by atoms with van der Waals surface area (Å²) in [6, 6.07) is 4.02. The third-order valence-corrected chi connectivity index (χ3v) is 4.23. The van der Waals surface area contributed by atoms with Gasteiger partial charge in [0.1, 0.15) is 11.5 Å². The van der Waals surface area contributed by atoms with E-state index in [0.29, 0.717) is 30.4 Å². The van der Waals surface area contributed by atoms with Gasteiger partial charge in [-0.1, -0.05) is 11.6 Å². The minimum absolute atomic E-state index is 0.00786. The number of nitrogens with zero attached hydrogens (tertiary/aromatic N) is 6. The lowest BCUT2D eigenvalue weighted by molar-refractivity contribution is 0.0703. The van der Waals surface area contributed by atoms with E-state index in [2.05, 4.69) is 20.2 Å². The molecule has 0 saturated heterocycles. The van der Waals surface area contributed by atoms with E-state index in [4.69, 9.17) is 11.6 Å². The zero-order valence-electron chi connectivity index (χ0n) is 12.9. The molecule has 0 saturated carbocycles.